The Kier molecular flexibility index (Phi) is 4.38. The standard InChI is InChI=1S/C31H27N2P/c1-31(2)23-11-5-7-13-27(23)33(28-18-21-10-4-3-9-20(21)17-24(28)31)22-15-16-30-26(19-22)32-25-12-6-8-14-29(25)34-30/h3-10,12-16,18-20,23H,11,17H2,1-2H3. The lowest BCUT2D eigenvalue weighted by Crippen LogP contribution is -2.44. The molecule has 2 atom stereocenters. The van der Waals surface area contributed by atoms with E-state index in [0.717, 1.165) is 23.9 Å². The molecule has 2 unspecified atom stereocenters. The van der Waals surface area contributed by atoms with Gasteiger partial charge in [0.2, 0.25) is 0 Å². The van der Waals surface area contributed by atoms with Gasteiger partial charge in [0.1, 0.15) is 0 Å². The molecule has 0 bridgehead atoms. The third-order valence-electron chi connectivity index (χ3n) is 8.07. The van der Waals surface area contributed by atoms with Crippen LogP contribution in [0.3, 0.4) is 0 Å². The molecular weight excluding hydrogens is 431 g/mol. The Hall–Kier alpha value is -3.22. The molecule has 3 heteroatoms. The number of nitrogens with zero attached hydrogens (tertiary/aromatic N) is 2. The van der Waals surface area contributed by atoms with Gasteiger partial charge in [-0.25, -0.2) is 4.98 Å². The topological polar surface area (TPSA) is 16.1 Å². The second kappa shape index (κ2) is 7.39. The van der Waals surface area contributed by atoms with Crippen molar-refractivity contribution in [2.45, 2.75) is 26.7 Å². The van der Waals surface area contributed by atoms with E-state index in [1.54, 1.807) is 5.57 Å². The van der Waals surface area contributed by atoms with Crippen molar-refractivity contribution in [1.82, 2.24) is 4.98 Å². The van der Waals surface area contributed by atoms with Gasteiger partial charge in [-0.05, 0) is 71.9 Å². The van der Waals surface area contributed by atoms with Gasteiger partial charge in [0.25, 0.3) is 0 Å². The number of fused-ring (bicyclic) bond motifs is 4. The van der Waals surface area contributed by atoms with Crippen LogP contribution in [0.5, 0.6) is 0 Å². The van der Waals surface area contributed by atoms with Crippen molar-refractivity contribution in [1.29, 1.82) is 0 Å². The Balaban J connectivity index is 1.46. The van der Waals surface area contributed by atoms with E-state index in [1.807, 2.05) is 0 Å². The molecule has 2 nitrogen and oxygen atoms in total. The van der Waals surface area contributed by atoms with Crippen LogP contribution in [0.1, 0.15) is 26.7 Å². The maximum absolute atomic E-state index is 5.05. The fourth-order valence-corrected chi connectivity index (χ4v) is 7.24. The molecular formula is C31H27N2P. The summed E-state index contributed by atoms with van der Waals surface area (Å²) in [5, 5.41) is 2.57. The lowest BCUT2D eigenvalue weighted by molar-refractivity contribution is 0.272. The molecule has 7 rings (SSSR count). The minimum absolute atomic E-state index is 0.121. The SMILES string of the molecule is CC1(C)C2=C(C=C3C=CC=CC3C2)N(c2ccc3pc4ccccc4nc3c2)C2=CC=CCC21. The Morgan fingerprint density at radius 1 is 1.00 bits per heavy atom. The van der Waals surface area contributed by atoms with Gasteiger partial charge in [0.05, 0.1) is 11.0 Å². The van der Waals surface area contributed by atoms with Crippen LogP contribution in [-0.2, 0) is 0 Å². The molecule has 0 radical (unpaired) electrons. The van der Waals surface area contributed by atoms with Crippen molar-refractivity contribution >= 4 is 35.1 Å². The van der Waals surface area contributed by atoms with Crippen molar-refractivity contribution < 1.29 is 0 Å². The van der Waals surface area contributed by atoms with Crippen molar-refractivity contribution in [3.05, 3.63) is 114 Å². The van der Waals surface area contributed by atoms with E-state index < -0.39 is 0 Å². The fraction of sp³-hybridized carbons (Fsp3) is 0.226. The van der Waals surface area contributed by atoms with Gasteiger partial charge in [-0.2, -0.15) is 0 Å². The highest BCUT2D eigenvalue weighted by molar-refractivity contribution is 7.42. The fourth-order valence-electron chi connectivity index (χ4n) is 6.20. The Morgan fingerprint density at radius 3 is 2.82 bits per heavy atom. The van der Waals surface area contributed by atoms with E-state index in [2.05, 4.69) is 110 Å². The van der Waals surface area contributed by atoms with Crippen LogP contribution in [0, 0.1) is 17.3 Å². The number of allylic oxidation sites excluding steroid dienone is 11. The van der Waals surface area contributed by atoms with Gasteiger partial charge in [0, 0.05) is 39.2 Å². The summed E-state index contributed by atoms with van der Waals surface area (Å²) in [6.45, 7) is 4.91. The van der Waals surface area contributed by atoms with Crippen LogP contribution < -0.4 is 4.90 Å². The molecule has 0 N–H and O–H groups in total. The summed E-state index contributed by atoms with van der Waals surface area (Å²) in [6, 6.07) is 15.4. The predicted molar refractivity (Wildman–Crippen MR) is 145 cm³/mol. The van der Waals surface area contributed by atoms with E-state index in [1.165, 1.54) is 41.1 Å². The maximum atomic E-state index is 5.05. The highest BCUT2D eigenvalue weighted by Gasteiger charge is 2.46. The van der Waals surface area contributed by atoms with Crippen LogP contribution >= 0.6 is 8.19 Å². The smallest absolute Gasteiger partial charge is 0.0776 e. The van der Waals surface area contributed by atoms with E-state index >= 15 is 0 Å². The van der Waals surface area contributed by atoms with Gasteiger partial charge in [-0.1, -0.05) is 70.6 Å². The molecule has 4 aliphatic rings. The van der Waals surface area contributed by atoms with E-state index in [0.29, 0.717) is 11.8 Å². The Bertz CT molecular complexity index is 1550. The first-order valence-corrected chi connectivity index (χ1v) is 13.1. The number of anilines is 1. The highest BCUT2D eigenvalue weighted by Crippen LogP contribution is 2.55. The van der Waals surface area contributed by atoms with Gasteiger partial charge in [0.15, 0.2) is 0 Å². The van der Waals surface area contributed by atoms with Gasteiger partial charge in [-0.3, -0.25) is 0 Å². The quantitative estimate of drug-likeness (QED) is 0.339. The van der Waals surface area contributed by atoms with Crippen molar-refractivity contribution in [2.75, 3.05) is 4.90 Å². The number of rotatable bonds is 1. The predicted octanol–water partition coefficient (Wildman–Crippen LogP) is 8.60. The van der Waals surface area contributed by atoms with Gasteiger partial charge in [-0.15, -0.1) is 0 Å². The molecule has 2 aromatic carbocycles. The lowest BCUT2D eigenvalue weighted by Gasteiger charge is -2.51. The average molecular weight is 459 g/mol. The molecule has 1 aliphatic heterocycles. The van der Waals surface area contributed by atoms with E-state index in [4.69, 9.17) is 4.98 Å². The van der Waals surface area contributed by atoms with Crippen molar-refractivity contribution in [3.63, 3.8) is 0 Å². The zero-order chi connectivity index (χ0) is 22.9. The van der Waals surface area contributed by atoms with Crippen LogP contribution in [0.2, 0.25) is 0 Å². The monoisotopic (exact) mass is 458 g/mol. The third kappa shape index (κ3) is 2.95. The molecule has 166 valence electrons. The molecule has 3 aromatic rings. The number of hydrogen-bond donors (Lipinski definition) is 0. The van der Waals surface area contributed by atoms with Crippen LogP contribution in [0.25, 0.3) is 21.3 Å². The Labute approximate surface area is 202 Å². The van der Waals surface area contributed by atoms with Crippen molar-refractivity contribution in [3.8, 4) is 0 Å². The van der Waals surface area contributed by atoms with Crippen LogP contribution in [0.4, 0.5) is 5.69 Å². The summed E-state index contributed by atoms with van der Waals surface area (Å²) in [6.07, 6.45) is 20.6. The van der Waals surface area contributed by atoms with E-state index in [9.17, 15) is 0 Å². The molecule has 0 saturated carbocycles. The van der Waals surface area contributed by atoms with Gasteiger partial charge >= 0.3 is 0 Å². The highest BCUT2D eigenvalue weighted by atomic mass is 31.0. The number of benzene rings is 2. The molecule has 3 aliphatic carbocycles. The zero-order valence-electron chi connectivity index (χ0n) is 19.6. The molecule has 34 heavy (non-hydrogen) atoms. The van der Waals surface area contributed by atoms with Crippen molar-refractivity contribution in [2.24, 2.45) is 17.3 Å². The molecule has 0 saturated heterocycles. The molecule has 2 heterocycles. The summed E-state index contributed by atoms with van der Waals surface area (Å²) in [7, 11) is 1.24. The summed E-state index contributed by atoms with van der Waals surface area (Å²) in [5.74, 6) is 0.963. The number of para-hydroxylation sites is 1. The summed E-state index contributed by atoms with van der Waals surface area (Å²) in [4.78, 5) is 7.59. The Morgan fingerprint density at radius 2 is 1.88 bits per heavy atom. The number of aromatic nitrogens is 1. The first kappa shape index (κ1) is 20.2. The minimum Gasteiger partial charge on any atom is -0.314 e. The average Bonchev–Trinajstić information content (AvgIpc) is 2.87. The molecule has 0 spiro atoms. The van der Waals surface area contributed by atoms with Gasteiger partial charge < -0.3 is 4.90 Å². The second-order valence-electron chi connectivity index (χ2n) is 10.3. The minimum atomic E-state index is 0.121. The maximum Gasteiger partial charge on any atom is 0.0776 e. The normalized spacial score (nSPS) is 24.8. The largest absolute Gasteiger partial charge is 0.314 e. The molecule has 1 aromatic heterocycles. The zero-order valence-corrected chi connectivity index (χ0v) is 20.5. The molecule has 0 amide bonds. The van der Waals surface area contributed by atoms with E-state index in [-0.39, 0.29) is 5.41 Å². The van der Waals surface area contributed by atoms with Crippen LogP contribution in [0.15, 0.2) is 114 Å². The summed E-state index contributed by atoms with van der Waals surface area (Å²) < 4.78 is 0. The first-order valence-electron chi connectivity index (χ1n) is 12.2. The first-order chi connectivity index (χ1) is 16.6. The second-order valence-corrected chi connectivity index (χ2v) is 11.5. The van der Waals surface area contributed by atoms with Crippen LogP contribution in [-0.4, -0.2) is 4.98 Å². The molecule has 0 fully saturated rings. The number of hydrogen-bond acceptors (Lipinski definition) is 2. The summed E-state index contributed by atoms with van der Waals surface area (Å²) >= 11 is 0. The third-order valence-corrected chi connectivity index (χ3v) is 9.31. The lowest BCUT2D eigenvalue weighted by atomic mass is 9.62. The summed E-state index contributed by atoms with van der Waals surface area (Å²) in [5.41, 5.74) is 9.29.